The van der Waals surface area contributed by atoms with E-state index in [1.165, 1.54) is 12.1 Å². The van der Waals surface area contributed by atoms with E-state index in [1.54, 1.807) is 10.9 Å². The van der Waals surface area contributed by atoms with Gasteiger partial charge in [-0.3, -0.25) is 9.48 Å². The Bertz CT molecular complexity index is 645. The summed E-state index contributed by atoms with van der Waals surface area (Å²) in [6, 6.07) is 3.56. The number of carbonyl (C=O) groups excluding carboxylic acids is 1. The van der Waals surface area contributed by atoms with Crippen molar-refractivity contribution in [1.29, 1.82) is 0 Å². The number of nitrogens with zero attached hydrogens (tertiary/aromatic N) is 2. The fraction of sp³-hybridized carbons (Fsp3) is 0.333. The number of halogens is 2. The smallest absolute Gasteiger partial charge is 0.153 e. The zero-order chi connectivity index (χ0) is 14.1. The standard InChI is InChI=1S/C15H14F2N2O/c16-11-5-6-13(14(17)7-11)15-10(9-20)8-19(18-15)12-3-1-2-4-12/h5-9,12H,1-4H2. The molecule has 0 saturated heterocycles. The fourth-order valence-electron chi connectivity index (χ4n) is 2.74. The lowest BCUT2D eigenvalue weighted by Crippen LogP contribution is -2.05. The van der Waals surface area contributed by atoms with E-state index in [9.17, 15) is 13.6 Å². The van der Waals surface area contributed by atoms with Crippen LogP contribution in [0.5, 0.6) is 0 Å². The molecule has 0 unspecified atom stereocenters. The quantitative estimate of drug-likeness (QED) is 0.800. The largest absolute Gasteiger partial charge is 0.298 e. The molecule has 0 amide bonds. The monoisotopic (exact) mass is 276 g/mol. The maximum atomic E-state index is 13.8. The van der Waals surface area contributed by atoms with E-state index in [-0.39, 0.29) is 17.3 Å². The van der Waals surface area contributed by atoms with Crippen molar-refractivity contribution in [3.63, 3.8) is 0 Å². The number of hydrogen-bond donors (Lipinski definition) is 0. The van der Waals surface area contributed by atoms with Crippen molar-refractivity contribution in [3.05, 3.63) is 41.6 Å². The molecule has 0 bridgehead atoms. The van der Waals surface area contributed by atoms with Crippen LogP contribution in [0.15, 0.2) is 24.4 Å². The Hall–Kier alpha value is -2.04. The highest BCUT2D eigenvalue weighted by molar-refractivity contribution is 5.85. The molecule has 1 fully saturated rings. The summed E-state index contributed by atoms with van der Waals surface area (Å²) >= 11 is 0. The predicted molar refractivity (Wildman–Crippen MR) is 70.5 cm³/mol. The minimum atomic E-state index is -0.704. The SMILES string of the molecule is O=Cc1cn(C2CCCC2)nc1-c1ccc(F)cc1F. The van der Waals surface area contributed by atoms with Crippen molar-refractivity contribution in [1.82, 2.24) is 9.78 Å². The second kappa shape index (κ2) is 5.15. The first-order valence-corrected chi connectivity index (χ1v) is 6.69. The number of rotatable bonds is 3. The van der Waals surface area contributed by atoms with Gasteiger partial charge in [-0.1, -0.05) is 12.8 Å². The summed E-state index contributed by atoms with van der Waals surface area (Å²) in [5.74, 6) is -1.35. The summed E-state index contributed by atoms with van der Waals surface area (Å²) in [4.78, 5) is 11.2. The van der Waals surface area contributed by atoms with Crippen LogP contribution in [-0.2, 0) is 0 Å². The minimum absolute atomic E-state index is 0.158. The van der Waals surface area contributed by atoms with E-state index in [0.717, 1.165) is 31.7 Å². The van der Waals surface area contributed by atoms with Gasteiger partial charge in [-0.25, -0.2) is 8.78 Å². The van der Waals surface area contributed by atoms with Crippen LogP contribution in [0.2, 0.25) is 0 Å². The van der Waals surface area contributed by atoms with Gasteiger partial charge in [-0.15, -0.1) is 0 Å². The summed E-state index contributed by atoms with van der Waals surface area (Å²) < 4.78 is 28.5. The molecule has 0 radical (unpaired) electrons. The fourth-order valence-corrected chi connectivity index (χ4v) is 2.74. The van der Waals surface area contributed by atoms with Gasteiger partial charge < -0.3 is 0 Å². The molecule has 1 aromatic carbocycles. The first kappa shape index (κ1) is 13.0. The second-order valence-electron chi connectivity index (χ2n) is 5.09. The van der Waals surface area contributed by atoms with E-state index >= 15 is 0 Å². The molecule has 20 heavy (non-hydrogen) atoms. The lowest BCUT2D eigenvalue weighted by Gasteiger charge is -2.08. The Morgan fingerprint density at radius 2 is 2.00 bits per heavy atom. The van der Waals surface area contributed by atoms with E-state index in [2.05, 4.69) is 5.10 Å². The van der Waals surface area contributed by atoms with Crippen LogP contribution in [0.25, 0.3) is 11.3 Å². The summed E-state index contributed by atoms with van der Waals surface area (Å²) in [5, 5.41) is 4.35. The van der Waals surface area contributed by atoms with Crippen LogP contribution in [0, 0.1) is 11.6 Å². The van der Waals surface area contributed by atoms with Gasteiger partial charge in [0, 0.05) is 17.8 Å². The van der Waals surface area contributed by atoms with E-state index < -0.39 is 11.6 Å². The van der Waals surface area contributed by atoms with Gasteiger partial charge in [0.2, 0.25) is 0 Å². The van der Waals surface area contributed by atoms with Gasteiger partial charge in [0.15, 0.2) is 6.29 Å². The molecule has 104 valence electrons. The summed E-state index contributed by atoms with van der Waals surface area (Å²) in [5.41, 5.74) is 0.775. The molecule has 1 heterocycles. The van der Waals surface area contributed by atoms with Crippen LogP contribution in [0.4, 0.5) is 8.78 Å². The number of aromatic nitrogens is 2. The Morgan fingerprint density at radius 1 is 1.25 bits per heavy atom. The van der Waals surface area contributed by atoms with E-state index in [4.69, 9.17) is 0 Å². The van der Waals surface area contributed by atoms with Crippen molar-refractivity contribution in [2.45, 2.75) is 31.7 Å². The first-order valence-electron chi connectivity index (χ1n) is 6.69. The zero-order valence-electron chi connectivity index (χ0n) is 10.9. The average Bonchev–Trinajstić information content (AvgIpc) is 3.07. The van der Waals surface area contributed by atoms with Crippen LogP contribution in [0.3, 0.4) is 0 Å². The topological polar surface area (TPSA) is 34.9 Å². The Balaban J connectivity index is 2.05. The van der Waals surface area contributed by atoms with Crippen molar-refractivity contribution < 1.29 is 13.6 Å². The van der Waals surface area contributed by atoms with Crippen molar-refractivity contribution in [3.8, 4) is 11.3 Å². The molecular weight excluding hydrogens is 262 g/mol. The van der Waals surface area contributed by atoms with Crippen LogP contribution in [0.1, 0.15) is 42.1 Å². The highest BCUT2D eigenvalue weighted by Gasteiger charge is 2.21. The zero-order valence-corrected chi connectivity index (χ0v) is 10.9. The van der Waals surface area contributed by atoms with E-state index in [0.29, 0.717) is 11.8 Å². The molecule has 0 aliphatic heterocycles. The molecule has 0 atom stereocenters. The highest BCUT2D eigenvalue weighted by atomic mass is 19.1. The molecule has 3 nitrogen and oxygen atoms in total. The molecule has 1 aliphatic rings. The maximum Gasteiger partial charge on any atom is 0.153 e. The Kier molecular flexibility index (Phi) is 3.34. The van der Waals surface area contributed by atoms with Gasteiger partial charge in [-0.05, 0) is 25.0 Å². The highest BCUT2D eigenvalue weighted by Crippen LogP contribution is 2.32. The third kappa shape index (κ3) is 2.24. The minimum Gasteiger partial charge on any atom is -0.298 e. The average molecular weight is 276 g/mol. The Labute approximate surface area is 115 Å². The molecule has 1 aromatic heterocycles. The van der Waals surface area contributed by atoms with E-state index in [1.807, 2.05) is 0 Å². The lowest BCUT2D eigenvalue weighted by molar-refractivity contribution is 0.112. The maximum absolute atomic E-state index is 13.8. The third-order valence-corrected chi connectivity index (χ3v) is 3.77. The molecule has 1 aliphatic carbocycles. The molecule has 5 heteroatoms. The molecule has 0 spiro atoms. The van der Waals surface area contributed by atoms with Crippen molar-refractivity contribution in [2.75, 3.05) is 0 Å². The van der Waals surface area contributed by atoms with Gasteiger partial charge in [0.1, 0.15) is 17.3 Å². The van der Waals surface area contributed by atoms with Crippen molar-refractivity contribution >= 4 is 6.29 Å². The molecule has 0 N–H and O–H groups in total. The predicted octanol–water partition coefficient (Wildman–Crippen LogP) is 3.76. The summed E-state index contributed by atoms with van der Waals surface area (Å²) in [7, 11) is 0. The normalized spacial score (nSPS) is 15.7. The third-order valence-electron chi connectivity index (χ3n) is 3.77. The number of hydrogen-bond acceptors (Lipinski definition) is 2. The number of carbonyl (C=O) groups is 1. The first-order chi connectivity index (χ1) is 9.69. The molecular formula is C15H14F2N2O. The lowest BCUT2D eigenvalue weighted by atomic mass is 10.1. The van der Waals surface area contributed by atoms with Crippen molar-refractivity contribution in [2.24, 2.45) is 0 Å². The molecule has 1 saturated carbocycles. The molecule has 2 aromatic rings. The Morgan fingerprint density at radius 3 is 2.65 bits per heavy atom. The molecule has 3 rings (SSSR count). The second-order valence-corrected chi connectivity index (χ2v) is 5.09. The van der Waals surface area contributed by atoms with Gasteiger partial charge in [0.05, 0.1) is 11.6 Å². The summed E-state index contributed by atoms with van der Waals surface area (Å²) in [6.07, 6.45) is 6.64. The van der Waals surface area contributed by atoms with Crippen LogP contribution >= 0.6 is 0 Å². The number of benzene rings is 1. The van der Waals surface area contributed by atoms with Crippen LogP contribution < -0.4 is 0 Å². The number of aldehydes is 1. The van der Waals surface area contributed by atoms with Gasteiger partial charge >= 0.3 is 0 Å². The summed E-state index contributed by atoms with van der Waals surface area (Å²) in [6.45, 7) is 0. The van der Waals surface area contributed by atoms with Crippen LogP contribution in [-0.4, -0.2) is 16.1 Å². The van der Waals surface area contributed by atoms with Gasteiger partial charge in [0.25, 0.3) is 0 Å². The van der Waals surface area contributed by atoms with Gasteiger partial charge in [-0.2, -0.15) is 5.10 Å².